The van der Waals surface area contributed by atoms with E-state index >= 15 is 0 Å². The van der Waals surface area contributed by atoms with Crippen LogP contribution in [0.1, 0.15) is 6.42 Å². The van der Waals surface area contributed by atoms with Crippen LogP contribution in [0.2, 0.25) is 0 Å². The standard InChI is InChI=1S/C9H8ClNO2S/c10-9-7-2-1-3-8(14(12)13)6(7)4-5-11-9/h1,3-4,11H,2,5H2. The van der Waals surface area contributed by atoms with Crippen molar-refractivity contribution in [3.63, 3.8) is 0 Å². The smallest absolute Gasteiger partial charge is 0.222 e. The number of dihydropyridines is 1. The van der Waals surface area contributed by atoms with Crippen LogP contribution in [0.5, 0.6) is 0 Å². The van der Waals surface area contributed by atoms with E-state index < -0.39 is 10.3 Å². The molecule has 1 aliphatic carbocycles. The molecule has 0 aromatic heterocycles. The SMILES string of the molecule is O=S(=O)=C1C=CCC2=C(Cl)NCC=C21. The lowest BCUT2D eigenvalue weighted by atomic mass is 9.93. The van der Waals surface area contributed by atoms with E-state index in [1.165, 1.54) is 0 Å². The quantitative estimate of drug-likeness (QED) is 0.498. The molecule has 0 unspecified atom stereocenters. The summed E-state index contributed by atoms with van der Waals surface area (Å²) >= 11 is 5.94. The van der Waals surface area contributed by atoms with Crippen molar-refractivity contribution in [2.24, 2.45) is 0 Å². The summed E-state index contributed by atoms with van der Waals surface area (Å²) in [6, 6.07) is 0. The third-order valence-corrected chi connectivity index (χ3v) is 3.27. The molecule has 0 spiro atoms. The second-order valence-corrected chi connectivity index (χ2v) is 4.28. The van der Waals surface area contributed by atoms with Crippen LogP contribution in [-0.4, -0.2) is 19.8 Å². The van der Waals surface area contributed by atoms with E-state index in [0.29, 0.717) is 23.0 Å². The fourth-order valence-electron chi connectivity index (χ4n) is 1.56. The molecule has 0 radical (unpaired) electrons. The van der Waals surface area contributed by atoms with Crippen molar-refractivity contribution in [1.82, 2.24) is 5.32 Å². The molecular weight excluding hydrogens is 222 g/mol. The molecule has 5 heteroatoms. The van der Waals surface area contributed by atoms with Crippen molar-refractivity contribution in [3.05, 3.63) is 34.5 Å². The van der Waals surface area contributed by atoms with E-state index in [1.807, 2.05) is 6.08 Å². The van der Waals surface area contributed by atoms with Crippen molar-refractivity contribution >= 4 is 26.8 Å². The highest BCUT2D eigenvalue weighted by Crippen LogP contribution is 2.27. The first-order chi connectivity index (χ1) is 6.70. The Balaban J connectivity index is 2.65. The van der Waals surface area contributed by atoms with Crippen LogP contribution < -0.4 is 5.32 Å². The summed E-state index contributed by atoms with van der Waals surface area (Å²) < 4.78 is 21.8. The zero-order valence-corrected chi connectivity index (χ0v) is 8.82. The van der Waals surface area contributed by atoms with Gasteiger partial charge in [-0.25, -0.2) is 0 Å². The first kappa shape index (κ1) is 9.55. The van der Waals surface area contributed by atoms with E-state index in [9.17, 15) is 8.42 Å². The Morgan fingerprint density at radius 3 is 2.93 bits per heavy atom. The van der Waals surface area contributed by atoms with Gasteiger partial charge in [0.15, 0.2) is 0 Å². The monoisotopic (exact) mass is 229 g/mol. The molecule has 1 heterocycles. The molecule has 2 rings (SSSR count). The highest BCUT2D eigenvalue weighted by Gasteiger charge is 2.20. The Morgan fingerprint density at radius 2 is 2.21 bits per heavy atom. The van der Waals surface area contributed by atoms with Gasteiger partial charge in [0.25, 0.3) is 0 Å². The second kappa shape index (κ2) is 3.63. The molecule has 0 saturated carbocycles. The normalized spacial score (nSPS) is 20.1. The van der Waals surface area contributed by atoms with Crippen molar-refractivity contribution in [2.75, 3.05) is 6.54 Å². The molecule has 0 aromatic carbocycles. The van der Waals surface area contributed by atoms with Crippen LogP contribution in [0.25, 0.3) is 0 Å². The number of halogens is 1. The fourth-order valence-corrected chi connectivity index (χ4v) is 2.41. The molecule has 1 aliphatic heterocycles. The summed E-state index contributed by atoms with van der Waals surface area (Å²) in [4.78, 5) is 0.325. The number of allylic oxidation sites excluding steroid dienone is 4. The van der Waals surface area contributed by atoms with E-state index in [1.54, 1.807) is 12.2 Å². The minimum absolute atomic E-state index is 0.325. The van der Waals surface area contributed by atoms with Gasteiger partial charge in [-0.2, -0.15) is 8.42 Å². The zero-order valence-electron chi connectivity index (χ0n) is 7.25. The Labute approximate surface area is 88.3 Å². The van der Waals surface area contributed by atoms with Crippen LogP contribution in [0.3, 0.4) is 0 Å². The predicted molar refractivity (Wildman–Crippen MR) is 56.6 cm³/mol. The number of hydrogen-bond donors (Lipinski definition) is 1. The van der Waals surface area contributed by atoms with Gasteiger partial charge in [-0.3, -0.25) is 0 Å². The maximum absolute atomic E-state index is 10.9. The average molecular weight is 230 g/mol. The zero-order chi connectivity index (χ0) is 10.1. The molecule has 0 bridgehead atoms. The third kappa shape index (κ3) is 1.51. The van der Waals surface area contributed by atoms with Gasteiger partial charge in [0.2, 0.25) is 10.3 Å². The van der Waals surface area contributed by atoms with Crippen molar-refractivity contribution in [3.8, 4) is 0 Å². The largest absolute Gasteiger partial charge is 0.372 e. The maximum Gasteiger partial charge on any atom is 0.222 e. The summed E-state index contributed by atoms with van der Waals surface area (Å²) in [5.74, 6) is 0. The Kier molecular flexibility index (Phi) is 2.48. The van der Waals surface area contributed by atoms with Crippen LogP contribution in [-0.2, 0) is 10.3 Å². The number of fused-ring (bicyclic) bond motifs is 1. The van der Waals surface area contributed by atoms with Gasteiger partial charge >= 0.3 is 0 Å². The van der Waals surface area contributed by atoms with Gasteiger partial charge in [-0.1, -0.05) is 23.8 Å². The highest BCUT2D eigenvalue weighted by atomic mass is 35.5. The third-order valence-electron chi connectivity index (χ3n) is 2.19. The van der Waals surface area contributed by atoms with Crippen molar-refractivity contribution in [2.45, 2.75) is 6.42 Å². The molecular formula is C9H8ClNO2S. The molecule has 1 N–H and O–H groups in total. The maximum atomic E-state index is 10.9. The molecule has 14 heavy (non-hydrogen) atoms. The van der Waals surface area contributed by atoms with E-state index in [2.05, 4.69) is 5.32 Å². The minimum atomic E-state index is -2.19. The highest BCUT2D eigenvalue weighted by molar-refractivity contribution is 7.73. The van der Waals surface area contributed by atoms with Gasteiger partial charge in [-0.15, -0.1) is 0 Å². The number of rotatable bonds is 0. The van der Waals surface area contributed by atoms with Gasteiger partial charge in [0.1, 0.15) is 10.0 Å². The van der Waals surface area contributed by atoms with Crippen LogP contribution >= 0.6 is 11.6 Å². The molecule has 0 atom stereocenters. The van der Waals surface area contributed by atoms with Crippen molar-refractivity contribution in [1.29, 1.82) is 0 Å². The first-order valence-electron chi connectivity index (χ1n) is 4.16. The fraction of sp³-hybridized carbons (Fsp3) is 0.222. The summed E-state index contributed by atoms with van der Waals surface area (Å²) in [6.45, 7) is 0.576. The Morgan fingerprint density at radius 1 is 1.43 bits per heavy atom. The molecule has 3 nitrogen and oxygen atoms in total. The molecule has 2 aliphatic rings. The van der Waals surface area contributed by atoms with Gasteiger partial charge < -0.3 is 5.32 Å². The lowest BCUT2D eigenvalue weighted by Gasteiger charge is -2.20. The lowest BCUT2D eigenvalue weighted by Crippen LogP contribution is -2.22. The summed E-state index contributed by atoms with van der Waals surface area (Å²) in [5, 5.41) is 3.51. The lowest BCUT2D eigenvalue weighted by molar-refractivity contribution is 0.627. The minimum Gasteiger partial charge on any atom is -0.372 e. The van der Waals surface area contributed by atoms with E-state index in [-0.39, 0.29) is 0 Å². The van der Waals surface area contributed by atoms with Gasteiger partial charge in [-0.05, 0) is 18.1 Å². The Hall–Kier alpha value is -1.00. The topological polar surface area (TPSA) is 46.2 Å². The summed E-state index contributed by atoms with van der Waals surface area (Å²) in [5.41, 5.74) is 1.60. The summed E-state index contributed by atoms with van der Waals surface area (Å²) in [6.07, 6.45) is 5.94. The summed E-state index contributed by atoms with van der Waals surface area (Å²) in [7, 11) is -2.19. The molecule has 74 valence electrons. The van der Waals surface area contributed by atoms with Crippen molar-refractivity contribution < 1.29 is 8.42 Å². The molecule has 0 saturated heterocycles. The first-order valence-corrected chi connectivity index (χ1v) is 5.61. The average Bonchev–Trinajstić information content (AvgIpc) is 2.17. The Bertz CT molecular complexity index is 489. The number of nitrogens with one attached hydrogen (secondary N) is 1. The molecule has 0 amide bonds. The second-order valence-electron chi connectivity index (χ2n) is 3.00. The van der Waals surface area contributed by atoms with E-state index in [4.69, 9.17) is 11.6 Å². The van der Waals surface area contributed by atoms with Crippen LogP contribution in [0.15, 0.2) is 34.5 Å². The van der Waals surface area contributed by atoms with Gasteiger partial charge in [0.05, 0.1) is 0 Å². The van der Waals surface area contributed by atoms with Gasteiger partial charge in [0, 0.05) is 12.1 Å². The van der Waals surface area contributed by atoms with Crippen LogP contribution in [0.4, 0.5) is 0 Å². The predicted octanol–water partition coefficient (Wildman–Crippen LogP) is 0.978. The molecule has 0 fully saturated rings. The van der Waals surface area contributed by atoms with Crippen LogP contribution in [0, 0.1) is 0 Å². The van der Waals surface area contributed by atoms with E-state index in [0.717, 1.165) is 11.1 Å². The molecule has 0 aromatic rings. The number of hydrogen-bond acceptors (Lipinski definition) is 3.